The lowest BCUT2D eigenvalue weighted by atomic mass is 9.94. The fourth-order valence-electron chi connectivity index (χ4n) is 3.39. The molecule has 1 saturated heterocycles. The van der Waals surface area contributed by atoms with Gasteiger partial charge in [-0.1, -0.05) is 19.3 Å². The number of likely N-dealkylation sites (N-methyl/N-ethyl adjacent to an activating group) is 1. The number of rotatable bonds is 3. The number of hydrogen-bond acceptors (Lipinski definition) is 3. The molecule has 0 aromatic carbocycles. The molecule has 1 saturated carbocycles. The summed E-state index contributed by atoms with van der Waals surface area (Å²) in [5, 5.41) is 0. The maximum absolute atomic E-state index is 12.4. The summed E-state index contributed by atoms with van der Waals surface area (Å²) in [6, 6.07) is 0.470. The Hall–Kier alpha value is -0.610. The molecule has 0 bridgehead atoms. The standard InChI is InChI=1S/C15H28N2O2/c1-12-9-17(10-13(2)19-12)11-15(18)16(3)14-7-5-4-6-8-14/h12-14H,4-11H2,1-3H3. The van der Waals surface area contributed by atoms with Crippen LogP contribution in [-0.4, -0.2) is 60.6 Å². The minimum atomic E-state index is 0.233. The van der Waals surface area contributed by atoms with Crippen LogP contribution >= 0.6 is 0 Å². The van der Waals surface area contributed by atoms with Crippen molar-refractivity contribution < 1.29 is 9.53 Å². The molecule has 0 aromatic rings. The molecule has 2 aliphatic rings. The van der Waals surface area contributed by atoms with Crippen LogP contribution in [0, 0.1) is 0 Å². The summed E-state index contributed by atoms with van der Waals surface area (Å²) < 4.78 is 5.71. The lowest BCUT2D eigenvalue weighted by Crippen LogP contribution is -2.50. The van der Waals surface area contributed by atoms with Gasteiger partial charge in [0, 0.05) is 26.2 Å². The normalized spacial score (nSPS) is 30.3. The highest BCUT2D eigenvalue weighted by molar-refractivity contribution is 5.78. The lowest BCUT2D eigenvalue weighted by Gasteiger charge is -2.37. The zero-order valence-electron chi connectivity index (χ0n) is 12.6. The topological polar surface area (TPSA) is 32.8 Å². The molecule has 0 aromatic heterocycles. The van der Waals surface area contributed by atoms with Crippen LogP contribution in [0.15, 0.2) is 0 Å². The van der Waals surface area contributed by atoms with E-state index in [1.54, 1.807) is 0 Å². The molecular formula is C15H28N2O2. The van der Waals surface area contributed by atoms with Gasteiger partial charge in [-0.25, -0.2) is 0 Å². The molecule has 0 N–H and O–H groups in total. The SMILES string of the molecule is CC1CN(CC(=O)N(C)C2CCCCC2)CC(C)O1. The van der Waals surface area contributed by atoms with E-state index in [4.69, 9.17) is 4.74 Å². The molecule has 1 aliphatic carbocycles. The first kappa shape index (κ1) is 14.8. The number of ether oxygens (including phenoxy) is 1. The van der Waals surface area contributed by atoms with Crippen LogP contribution in [-0.2, 0) is 9.53 Å². The predicted molar refractivity (Wildman–Crippen MR) is 76.1 cm³/mol. The van der Waals surface area contributed by atoms with E-state index >= 15 is 0 Å². The van der Waals surface area contributed by atoms with Gasteiger partial charge in [0.05, 0.1) is 18.8 Å². The summed E-state index contributed by atoms with van der Waals surface area (Å²) in [7, 11) is 1.98. The maximum atomic E-state index is 12.4. The average molecular weight is 268 g/mol. The third-order valence-corrected chi connectivity index (χ3v) is 4.37. The summed E-state index contributed by atoms with van der Waals surface area (Å²) in [5.41, 5.74) is 0. The summed E-state index contributed by atoms with van der Waals surface area (Å²) in [5.74, 6) is 0.271. The van der Waals surface area contributed by atoms with E-state index in [-0.39, 0.29) is 18.1 Å². The van der Waals surface area contributed by atoms with E-state index in [0.717, 1.165) is 13.1 Å². The summed E-state index contributed by atoms with van der Waals surface area (Å²) >= 11 is 0. The first-order valence-corrected chi connectivity index (χ1v) is 7.69. The Bertz CT molecular complexity index is 293. The zero-order valence-corrected chi connectivity index (χ0v) is 12.6. The quantitative estimate of drug-likeness (QED) is 0.783. The summed E-state index contributed by atoms with van der Waals surface area (Å²) in [6.45, 7) is 6.45. The monoisotopic (exact) mass is 268 g/mol. The number of carbonyl (C=O) groups is 1. The van der Waals surface area contributed by atoms with Gasteiger partial charge in [-0.3, -0.25) is 9.69 Å². The van der Waals surface area contributed by atoms with Gasteiger partial charge in [0.15, 0.2) is 0 Å². The number of morpholine rings is 1. The van der Waals surface area contributed by atoms with Gasteiger partial charge in [0.2, 0.25) is 5.91 Å². The minimum absolute atomic E-state index is 0.233. The summed E-state index contributed by atoms with van der Waals surface area (Å²) in [4.78, 5) is 16.6. The molecular weight excluding hydrogens is 240 g/mol. The Balaban J connectivity index is 1.82. The molecule has 2 atom stereocenters. The van der Waals surface area contributed by atoms with Crippen LogP contribution in [0.2, 0.25) is 0 Å². The van der Waals surface area contributed by atoms with Crippen molar-refractivity contribution in [2.45, 2.75) is 64.2 Å². The first-order chi connectivity index (χ1) is 9.06. The Kier molecular flexibility index (Phi) is 5.22. The first-order valence-electron chi connectivity index (χ1n) is 7.69. The van der Waals surface area contributed by atoms with Crippen LogP contribution in [0.5, 0.6) is 0 Å². The van der Waals surface area contributed by atoms with E-state index in [1.807, 2.05) is 11.9 Å². The fraction of sp³-hybridized carbons (Fsp3) is 0.933. The van der Waals surface area contributed by atoms with Crippen molar-refractivity contribution in [3.63, 3.8) is 0 Å². The van der Waals surface area contributed by atoms with E-state index in [9.17, 15) is 4.79 Å². The zero-order chi connectivity index (χ0) is 13.8. The highest BCUT2D eigenvalue weighted by Gasteiger charge is 2.27. The van der Waals surface area contributed by atoms with Crippen molar-refractivity contribution in [2.24, 2.45) is 0 Å². The third-order valence-electron chi connectivity index (χ3n) is 4.37. The van der Waals surface area contributed by atoms with Gasteiger partial charge in [-0.15, -0.1) is 0 Å². The van der Waals surface area contributed by atoms with E-state index in [0.29, 0.717) is 12.6 Å². The Morgan fingerprint density at radius 2 is 1.74 bits per heavy atom. The van der Waals surface area contributed by atoms with Crippen molar-refractivity contribution in [3.8, 4) is 0 Å². The highest BCUT2D eigenvalue weighted by Crippen LogP contribution is 2.22. The maximum Gasteiger partial charge on any atom is 0.236 e. The number of carbonyl (C=O) groups excluding carboxylic acids is 1. The minimum Gasteiger partial charge on any atom is -0.373 e. The van der Waals surface area contributed by atoms with Gasteiger partial charge in [-0.05, 0) is 26.7 Å². The van der Waals surface area contributed by atoms with Crippen molar-refractivity contribution in [1.29, 1.82) is 0 Å². The number of nitrogens with zero attached hydrogens (tertiary/aromatic N) is 2. The Morgan fingerprint density at radius 1 is 1.16 bits per heavy atom. The second kappa shape index (κ2) is 6.71. The van der Waals surface area contributed by atoms with Crippen molar-refractivity contribution >= 4 is 5.91 Å². The number of amides is 1. The van der Waals surface area contributed by atoms with Gasteiger partial charge in [0.1, 0.15) is 0 Å². The number of hydrogen-bond donors (Lipinski definition) is 0. The van der Waals surface area contributed by atoms with Crippen LogP contribution in [0.3, 0.4) is 0 Å². The van der Waals surface area contributed by atoms with Crippen LogP contribution < -0.4 is 0 Å². The molecule has 4 nitrogen and oxygen atoms in total. The molecule has 0 radical (unpaired) electrons. The third kappa shape index (κ3) is 4.18. The average Bonchev–Trinajstić information content (AvgIpc) is 2.37. The molecule has 2 fully saturated rings. The lowest BCUT2D eigenvalue weighted by molar-refractivity contribution is -0.137. The van der Waals surface area contributed by atoms with Crippen molar-refractivity contribution in [2.75, 3.05) is 26.7 Å². The summed E-state index contributed by atoms with van der Waals surface area (Å²) in [6.07, 6.45) is 6.70. The van der Waals surface area contributed by atoms with E-state index in [1.165, 1.54) is 32.1 Å². The van der Waals surface area contributed by atoms with Gasteiger partial charge in [-0.2, -0.15) is 0 Å². The molecule has 1 aliphatic heterocycles. The van der Waals surface area contributed by atoms with Crippen LogP contribution in [0.25, 0.3) is 0 Å². The second-order valence-electron chi connectivity index (χ2n) is 6.25. The smallest absolute Gasteiger partial charge is 0.236 e. The van der Waals surface area contributed by atoms with E-state index < -0.39 is 0 Å². The van der Waals surface area contributed by atoms with Gasteiger partial charge in [0.25, 0.3) is 0 Å². The fourth-order valence-corrected chi connectivity index (χ4v) is 3.39. The largest absolute Gasteiger partial charge is 0.373 e. The van der Waals surface area contributed by atoms with Gasteiger partial charge >= 0.3 is 0 Å². The van der Waals surface area contributed by atoms with Crippen LogP contribution in [0.4, 0.5) is 0 Å². The molecule has 2 unspecified atom stereocenters. The molecule has 1 heterocycles. The molecule has 110 valence electrons. The Morgan fingerprint density at radius 3 is 2.32 bits per heavy atom. The highest BCUT2D eigenvalue weighted by atomic mass is 16.5. The van der Waals surface area contributed by atoms with E-state index in [2.05, 4.69) is 18.7 Å². The van der Waals surface area contributed by atoms with Crippen molar-refractivity contribution in [1.82, 2.24) is 9.80 Å². The molecule has 4 heteroatoms. The Labute approximate surface area is 117 Å². The second-order valence-corrected chi connectivity index (χ2v) is 6.25. The van der Waals surface area contributed by atoms with Crippen LogP contribution in [0.1, 0.15) is 46.0 Å². The molecule has 0 spiro atoms. The molecule has 19 heavy (non-hydrogen) atoms. The molecule has 2 rings (SSSR count). The predicted octanol–water partition coefficient (Wildman–Crippen LogP) is 1.89. The van der Waals surface area contributed by atoms with Crippen molar-refractivity contribution in [3.05, 3.63) is 0 Å². The van der Waals surface area contributed by atoms with Gasteiger partial charge < -0.3 is 9.64 Å². The molecule has 1 amide bonds.